The Morgan fingerprint density at radius 3 is 2.80 bits per heavy atom. The number of halogens is 1. The van der Waals surface area contributed by atoms with Gasteiger partial charge < -0.3 is 4.74 Å². The van der Waals surface area contributed by atoms with Crippen molar-refractivity contribution in [1.82, 2.24) is 15.3 Å². The van der Waals surface area contributed by atoms with Crippen LogP contribution in [0.15, 0.2) is 66.9 Å². The molecule has 1 heterocycles. The van der Waals surface area contributed by atoms with Crippen LogP contribution in [0.1, 0.15) is 22.8 Å². The van der Waals surface area contributed by atoms with Gasteiger partial charge in [0.05, 0.1) is 24.9 Å². The Balaban J connectivity index is 1.62. The van der Waals surface area contributed by atoms with Crippen LogP contribution in [0, 0.1) is 5.82 Å². The number of para-hydroxylation sites is 1. The van der Waals surface area contributed by atoms with E-state index in [1.54, 1.807) is 36.5 Å². The van der Waals surface area contributed by atoms with E-state index >= 15 is 0 Å². The van der Waals surface area contributed by atoms with Gasteiger partial charge in [-0.25, -0.2) is 9.45 Å². The summed E-state index contributed by atoms with van der Waals surface area (Å²) in [7, 11) is 0. The summed E-state index contributed by atoms with van der Waals surface area (Å²) < 4.78 is 19.3. The molecule has 0 fully saturated rings. The van der Waals surface area contributed by atoms with Crippen molar-refractivity contribution in [3.05, 3.63) is 83.8 Å². The molecule has 0 spiro atoms. The van der Waals surface area contributed by atoms with Crippen molar-refractivity contribution < 1.29 is 19.1 Å². The lowest BCUT2D eigenvalue weighted by molar-refractivity contribution is -0.0645. The molecular weight excluding hydrogens is 385 g/mol. The molecule has 6 nitrogen and oxygen atoms in total. The first-order valence-electron chi connectivity index (χ1n) is 9.51. The number of rotatable bonds is 6. The summed E-state index contributed by atoms with van der Waals surface area (Å²) in [6.45, 7) is 2.20. The molecule has 4 aromatic rings. The average molecular weight is 405 g/mol. The van der Waals surface area contributed by atoms with Crippen LogP contribution >= 0.6 is 0 Å². The van der Waals surface area contributed by atoms with Gasteiger partial charge in [0.1, 0.15) is 11.6 Å². The van der Waals surface area contributed by atoms with Gasteiger partial charge >= 0.3 is 0 Å². The van der Waals surface area contributed by atoms with Gasteiger partial charge in [0, 0.05) is 16.5 Å². The Labute approximate surface area is 172 Å². The fraction of sp³-hybridized carbons (Fsp3) is 0.130. The summed E-state index contributed by atoms with van der Waals surface area (Å²) in [6.07, 6.45) is 1.68. The zero-order valence-electron chi connectivity index (χ0n) is 16.3. The summed E-state index contributed by atoms with van der Waals surface area (Å²) in [5.41, 5.74) is 3.07. The summed E-state index contributed by atoms with van der Waals surface area (Å²) in [6, 6.07) is 16.5. The molecule has 2 N–H and O–H groups in total. The first-order valence-corrected chi connectivity index (χ1v) is 9.51. The number of carbonyl (C=O) groups excluding carboxylic acids is 1. The lowest BCUT2D eigenvalue weighted by Gasteiger charge is -2.17. The molecule has 0 unspecified atom stereocenters. The highest BCUT2D eigenvalue weighted by Crippen LogP contribution is 2.32. The molecule has 7 heteroatoms. The minimum absolute atomic E-state index is 0.00597. The van der Waals surface area contributed by atoms with Crippen LogP contribution in [-0.2, 0) is 6.54 Å². The highest BCUT2D eigenvalue weighted by atomic mass is 19.1. The Morgan fingerprint density at radius 2 is 2.00 bits per heavy atom. The number of nitrogens with zero attached hydrogens (tertiary/aromatic N) is 2. The normalized spacial score (nSPS) is 10.9. The number of hydrogen-bond acceptors (Lipinski definition) is 4. The molecule has 0 saturated heterocycles. The quantitative estimate of drug-likeness (QED) is 0.357. The molecule has 0 radical (unpaired) electrons. The third-order valence-electron chi connectivity index (χ3n) is 4.78. The molecule has 0 saturated carbocycles. The number of aromatic nitrogens is 2. The third-order valence-corrected chi connectivity index (χ3v) is 4.78. The zero-order chi connectivity index (χ0) is 21.1. The van der Waals surface area contributed by atoms with Gasteiger partial charge in [-0.3, -0.25) is 15.1 Å². The monoisotopic (exact) mass is 405 g/mol. The molecule has 0 aliphatic carbocycles. The second-order valence-corrected chi connectivity index (χ2v) is 6.77. The van der Waals surface area contributed by atoms with Crippen LogP contribution in [0.5, 0.6) is 5.75 Å². The number of benzene rings is 3. The van der Waals surface area contributed by atoms with Crippen LogP contribution in [0.4, 0.5) is 4.39 Å². The van der Waals surface area contributed by atoms with Crippen LogP contribution in [-0.4, -0.2) is 33.0 Å². The van der Waals surface area contributed by atoms with Gasteiger partial charge in [-0.05, 0) is 48.4 Å². The van der Waals surface area contributed by atoms with Crippen molar-refractivity contribution in [2.75, 3.05) is 6.61 Å². The third kappa shape index (κ3) is 3.88. The maximum Gasteiger partial charge on any atom is 0.277 e. The van der Waals surface area contributed by atoms with Crippen molar-refractivity contribution in [3.63, 3.8) is 0 Å². The van der Waals surface area contributed by atoms with E-state index in [4.69, 9.17) is 4.74 Å². The lowest BCUT2D eigenvalue weighted by atomic mass is 10.0. The van der Waals surface area contributed by atoms with Gasteiger partial charge in [0.2, 0.25) is 0 Å². The predicted octanol–water partition coefficient (Wildman–Crippen LogP) is 4.80. The van der Waals surface area contributed by atoms with Crippen LogP contribution in [0.3, 0.4) is 0 Å². The average Bonchev–Trinajstić information content (AvgIpc) is 3.23. The number of carbonyl (C=O) groups is 1. The van der Waals surface area contributed by atoms with E-state index in [9.17, 15) is 14.4 Å². The van der Waals surface area contributed by atoms with E-state index in [1.807, 2.05) is 25.1 Å². The smallest absolute Gasteiger partial charge is 0.277 e. The molecule has 3 aromatic carbocycles. The van der Waals surface area contributed by atoms with Crippen molar-refractivity contribution in [3.8, 4) is 16.9 Å². The highest BCUT2D eigenvalue weighted by molar-refractivity contribution is 5.95. The highest BCUT2D eigenvalue weighted by Gasteiger charge is 2.18. The van der Waals surface area contributed by atoms with Crippen molar-refractivity contribution in [1.29, 1.82) is 0 Å². The molecule has 0 aliphatic rings. The summed E-state index contributed by atoms with van der Waals surface area (Å²) >= 11 is 0. The summed E-state index contributed by atoms with van der Waals surface area (Å²) in [5, 5.41) is 18.8. The van der Waals surface area contributed by atoms with Crippen molar-refractivity contribution in [2.45, 2.75) is 13.5 Å². The van der Waals surface area contributed by atoms with E-state index in [0.29, 0.717) is 28.5 Å². The second-order valence-electron chi connectivity index (χ2n) is 6.77. The minimum atomic E-state index is -0.571. The molecule has 1 amide bonds. The van der Waals surface area contributed by atoms with Crippen LogP contribution < -0.4 is 4.74 Å². The number of ether oxygens (including phenoxy) is 1. The van der Waals surface area contributed by atoms with Crippen LogP contribution in [0.25, 0.3) is 22.0 Å². The molecule has 1 aromatic heterocycles. The number of fused-ring (bicyclic) bond motifs is 1. The van der Waals surface area contributed by atoms with Gasteiger partial charge in [-0.1, -0.05) is 30.3 Å². The Bertz CT molecular complexity index is 1210. The van der Waals surface area contributed by atoms with Gasteiger partial charge in [-0.2, -0.15) is 5.10 Å². The SMILES string of the molecule is CCOc1cc(C(=O)N(O)Cc2cccc3cn[nH]c23)ccc1-c1cccc(F)c1. The maximum atomic E-state index is 13.6. The fourth-order valence-electron chi connectivity index (χ4n) is 3.37. The fourth-order valence-corrected chi connectivity index (χ4v) is 3.37. The van der Waals surface area contributed by atoms with E-state index in [-0.39, 0.29) is 17.9 Å². The topological polar surface area (TPSA) is 78.4 Å². The summed E-state index contributed by atoms with van der Waals surface area (Å²) in [4.78, 5) is 12.8. The number of H-pyrrole nitrogens is 1. The van der Waals surface area contributed by atoms with Crippen LogP contribution in [0.2, 0.25) is 0 Å². The Morgan fingerprint density at radius 1 is 1.17 bits per heavy atom. The number of nitrogens with one attached hydrogen (secondary N) is 1. The molecular formula is C23H20FN3O3. The van der Waals surface area contributed by atoms with E-state index < -0.39 is 5.91 Å². The molecule has 0 atom stereocenters. The van der Waals surface area contributed by atoms with Crippen molar-refractivity contribution >= 4 is 16.8 Å². The zero-order valence-corrected chi connectivity index (χ0v) is 16.3. The summed E-state index contributed by atoms with van der Waals surface area (Å²) in [5.74, 6) is -0.485. The maximum absolute atomic E-state index is 13.6. The Kier molecular flexibility index (Phi) is 5.45. The molecule has 0 aliphatic heterocycles. The van der Waals surface area contributed by atoms with Crippen molar-refractivity contribution in [2.24, 2.45) is 0 Å². The van der Waals surface area contributed by atoms with Gasteiger partial charge in [0.15, 0.2) is 0 Å². The van der Waals surface area contributed by atoms with E-state index in [2.05, 4.69) is 10.2 Å². The minimum Gasteiger partial charge on any atom is -0.493 e. The first kappa shape index (κ1) is 19.6. The van der Waals surface area contributed by atoms with E-state index in [1.165, 1.54) is 12.1 Å². The largest absolute Gasteiger partial charge is 0.493 e. The predicted molar refractivity (Wildman–Crippen MR) is 111 cm³/mol. The number of hydrogen-bond donors (Lipinski definition) is 2. The number of aromatic amines is 1. The van der Waals surface area contributed by atoms with E-state index in [0.717, 1.165) is 16.5 Å². The first-order chi connectivity index (χ1) is 14.6. The number of hydroxylamine groups is 2. The molecule has 30 heavy (non-hydrogen) atoms. The number of amides is 1. The molecule has 0 bridgehead atoms. The lowest BCUT2D eigenvalue weighted by Crippen LogP contribution is -2.27. The van der Waals surface area contributed by atoms with Gasteiger partial charge in [0.25, 0.3) is 5.91 Å². The molecule has 4 rings (SSSR count). The molecule has 152 valence electrons. The Hall–Kier alpha value is -3.71. The standard InChI is InChI=1S/C23H20FN3O3/c1-2-30-21-12-16(9-10-20(21)15-5-4-8-19(24)11-15)23(28)27(29)14-18-7-3-6-17-13-25-26-22(17)18/h3-13,29H,2,14H2,1H3,(H,25,26). The second kappa shape index (κ2) is 8.34. The van der Waals surface area contributed by atoms with Gasteiger partial charge in [-0.15, -0.1) is 0 Å².